The van der Waals surface area contributed by atoms with Crippen molar-refractivity contribution < 1.29 is 0 Å². The van der Waals surface area contributed by atoms with Gasteiger partial charge < -0.3 is 0 Å². The predicted octanol–water partition coefficient (Wildman–Crippen LogP) is 5.95. The van der Waals surface area contributed by atoms with E-state index in [0.29, 0.717) is 0 Å². The number of rotatable bonds is 13. The molecule has 0 aliphatic carbocycles. The van der Waals surface area contributed by atoms with Crippen LogP contribution in [0.3, 0.4) is 0 Å². The second-order valence-corrected chi connectivity index (χ2v) is 7.84. The quantitative estimate of drug-likeness (QED) is 0.323. The molecule has 1 heterocycles. The maximum Gasteiger partial charge on any atom is 0.0411 e. The van der Waals surface area contributed by atoms with Gasteiger partial charge >= 0.3 is 0 Å². The molecule has 1 nitrogen and oxygen atoms in total. The number of pyridine rings is 1. The van der Waals surface area contributed by atoms with Crippen LogP contribution in [0.1, 0.15) is 31.9 Å². The number of nitrogens with zero attached hydrogens (tertiary/aromatic N) is 1. The lowest BCUT2D eigenvalue weighted by molar-refractivity contribution is 0.904. The van der Waals surface area contributed by atoms with Crippen molar-refractivity contribution in [2.45, 2.75) is 32.6 Å². The summed E-state index contributed by atoms with van der Waals surface area (Å²) < 4.78 is 0. The fraction of sp³-hybridized carbons (Fsp3) is 0.450. The van der Waals surface area contributed by atoms with E-state index in [4.69, 9.17) is 0 Å². The van der Waals surface area contributed by atoms with Crippen LogP contribution in [0.25, 0.3) is 0 Å². The van der Waals surface area contributed by atoms with E-state index in [1.807, 2.05) is 24.4 Å². The van der Waals surface area contributed by atoms with Crippen LogP contribution in [0.2, 0.25) is 0 Å². The summed E-state index contributed by atoms with van der Waals surface area (Å²) >= 11 is 4.13. The highest BCUT2D eigenvalue weighted by molar-refractivity contribution is 7.99. The fourth-order valence-corrected chi connectivity index (χ4v) is 3.99. The first-order chi connectivity index (χ1) is 11.3. The standard InChI is InChI=1S/C20H29NS2/c1-3-4-5-10-19(2)12-17-22-15-8-9-16-23-18-13-20-11-6-7-14-21-20/h3-7,10-11,14H,1,8-9,12-13,15-18H2,2H3/b5-4-,19-10+. The molecule has 3 heteroatoms. The average molecular weight is 348 g/mol. The molecule has 0 aromatic carbocycles. The van der Waals surface area contributed by atoms with Gasteiger partial charge in [0, 0.05) is 11.9 Å². The van der Waals surface area contributed by atoms with Crippen LogP contribution in [0.15, 0.2) is 60.9 Å². The zero-order chi connectivity index (χ0) is 16.6. The maximum atomic E-state index is 4.35. The monoisotopic (exact) mass is 347 g/mol. The molecule has 0 aliphatic rings. The number of hydrogen-bond acceptors (Lipinski definition) is 3. The number of unbranched alkanes of at least 4 members (excludes halogenated alkanes) is 1. The highest BCUT2D eigenvalue weighted by atomic mass is 32.2. The lowest BCUT2D eigenvalue weighted by Gasteiger charge is -2.03. The minimum Gasteiger partial charge on any atom is -0.261 e. The molecule has 0 atom stereocenters. The van der Waals surface area contributed by atoms with E-state index in [1.165, 1.54) is 53.5 Å². The lowest BCUT2D eigenvalue weighted by Crippen LogP contribution is -1.93. The van der Waals surface area contributed by atoms with Crippen LogP contribution in [0.4, 0.5) is 0 Å². The van der Waals surface area contributed by atoms with E-state index >= 15 is 0 Å². The normalized spacial score (nSPS) is 12.0. The van der Waals surface area contributed by atoms with Gasteiger partial charge in [-0.05, 0) is 67.8 Å². The number of aromatic nitrogens is 1. The van der Waals surface area contributed by atoms with E-state index in [1.54, 1.807) is 0 Å². The summed E-state index contributed by atoms with van der Waals surface area (Å²) in [5.41, 5.74) is 2.66. The molecule has 0 bridgehead atoms. The van der Waals surface area contributed by atoms with Gasteiger partial charge in [0.2, 0.25) is 0 Å². The van der Waals surface area contributed by atoms with Gasteiger partial charge in [-0.3, -0.25) is 4.98 Å². The van der Waals surface area contributed by atoms with Gasteiger partial charge in [-0.2, -0.15) is 23.5 Å². The second-order valence-electron chi connectivity index (χ2n) is 5.39. The molecule has 0 unspecified atom stereocenters. The molecule has 0 aliphatic heterocycles. The SMILES string of the molecule is C=C/C=C\C=C(/C)CCSCCCCSCCc1ccccn1. The second kappa shape index (κ2) is 14.6. The van der Waals surface area contributed by atoms with Crippen molar-refractivity contribution in [3.63, 3.8) is 0 Å². The van der Waals surface area contributed by atoms with Crippen LogP contribution >= 0.6 is 23.5 Å². The van der Waals surface area contributed by atoms with Crippen LogP contribution in [0, 0.1) is 0 Å². The molecule has 1 aromatic rings. The Labute approximate surface area is 150 Å². The Morgan fingerprint density at radius 3 is 2.57 bits per heavy atom. The average Bonchev–Trinajstić information content (AvgIpc) is 2.58. The van der Waals surface area contributed by atoms with E-state index in [0.717, 1.165) is 6.42 Å². The van der Waals surface area contributed by atoms with E-state index < -0.39 is 0 Å². The Kier molecular flexibility index (Phi) is 12.8. The van der Waals surface area contributed by atoms with Gasteiger partial charge in [0.05, 0.1) is 0 Å². The zero-order valence-electron chi connectivity index (χ0n) is 14.2. The van der Waals surface area contributed by atoms with Crippen LogP contribution in [-0.4, -0.2) is 28.0 Å². The predicted molar refractivity (Wildman–Crippen MR) is 110 cm³/mol. The molecule has 1 rings (SSSR count). The fourth-order valence-electron chi connectivity index (χ4n) is 1.95. The Hall–Kier alpha value is -0.930. The van der Waals surface area contributed by atoms with Crippen LogP contribution < -0.4 is 0 Å². The van der Waals surface area contributed by atoms with Crippen molar-refractivity contribution in [3.8, 4) is 0 Å². The molecule has 0 fully saturated rings. The third kappa shape index (κ3) is 12.2. The molecule has 0 saturated heterocycles. The molecular weight excluding hydrogens is 318 g/mol. The van der Waals surface area contributed by atoms with Crippen molar-refractivity contribution in [2.75, 3.05) is 23.0 Å². The molecule has 23 heavy (non-hydrogen) atoms. The smallest absolute Gasteiger partial charge is 0.0411 e. The molecule has 0 saturated carbocycles. The third-order valence-corrected chi connectivity index (χ3v) is 5.47. The Balaban J connectivity index is 1.87. The van der Waals surface area contributed by atoms with Crippen LogP contribution in [0.5, 0.6) is 0 Å². The van der Waals surface area contributed by atoms with Crippen molar-refractivity contribution in [1.29, 1.82) is 0 Å². The summed E-state index contributed by atoms with van der Waals surface area (Å²) in [5, 5.41) is 0. The molecule has 1 aromatic heterocycles. The number of thioether (sulfide) groups is 2. The summed E-state index contributed by atoms with van der Waals surface area (Å²) in [7, 11) is 0. The largest absolute Gasteiger partial charge is 0.261 e. The van der Waals surface area contributed by atoms with Crippen molar-refractivity contribution in [3.05, 3.63) is 66.5 Å². The third-order valence-electron chi connectivity index (χ3n) is 3.32. The van der Waals surface area contributed by atoms with Gasteiger partial charge in [-0.25, -0.2) is 0 Å². The molecular formula is C20H29NS2. The summed E-state index contributed by atoms with van der Waals surface area (Å²) in [6.07, 6.45) is 14.9. The summed E-state index contributed by atoms with van der Waals surface area (Å²) in [6, 6.07) is 6.15. The highest BCUT2D eigenvalue weighted by Crippen LogP contribution is 2.13. The van der Waals surface area contributed by atoms with Crippen molar-refractivity contribution >= 4 is 23.5 Å². The summed E-state index contributed by atoms with van der Waals surface area (Å²) in [5.74, 6) is 4.98. The maximum absolute atomic E-state index is 4.35. The first-order valence-corrected chi connectivity index (χ1v) is 10.6. The lowest BCUT2D eigenvalue weighted by atomic mass is 10.2. The minimum atomic E-state index is 1.09. The Bertz CT molecular complexity index is 466. The van der Waals surface area contributed by atoms with E-state index in [2.05, 4.69) is 66.3 Å². The molecule has 0 N–H and O–H groups in total. The number of aryl methyl sites for hydroxylation is 1. The molecule has 126 valence electrons. The zero-order valence-corrected chi connectivity index (χ0v) is 15.9. The van der Waals surface area contributed by atoms with Gasteiger partial charge in [0.25, 0.3) is 0 Å². The minimum absolute atomic E-state index is 1.09. The summed E-state index contributed by atoms with van der Waals surface area (Å²) in [6.45, 7) is 5.87. The summed E-state index contributed by atoms with van der Waals surface area (Å²) in [4.78, 5) is 4.35. The van der Waals surface area contributed by atoms with Gasteiger partial charge in [0.1, 0.15) is 0 Å². The Morgan fingerprint density at radius 1 is 1.09 bits per heavy atom. The topological polar surface area (TPSA) is 12.9 Å². The van der Waals surface area contributed by atoms with Gasteiger partial charge in [-0.15, -0.1) is 0 Å². The molecule has 0 amide bonds. The highest BCUT2D eigenvalue weighted by Gasteiger charge is 1.96. The van der Waals surface area contributed by atoms with Crippen molar-refractivity contribution in [1.82, 2.24) is 4.98 Å². The number of allylic oxidation sites excluding steroid dienone is 5. The van der Waals surface area contributed by atoms with Crippen molar-refractivity contribution in [2.24, 2.45) is 0 Å². The van der Waals surface area contributed by atoms with Gasteiger partial charge in [-0.1, -0.05) is 42.5 Å². The first-order valence-electron chi connectivity index (χ1n) is 8.33. The van der Waals surface area contributed by atoms with Gasteiger partial charge in [0.15, 0.2) is 0 Å². The van der Waals surface area contributed by atoms with Crippen LogP contribution in [-0.2, 0) is 6.42 Å². The molecule has 0 spiro atoms. The first kappa shape index (κ1) is 20.1. The number of hydrogen-bond donors (Lipinski definition) is 0. The van der Waals surface area contributed by atoms with E-state index in [9.17, 15) is 0 Å². The molecule has 0 radical (unpaired) electrons. The Morgan fingerprint density at radius 2 is 1.87 bits per heavy atom. The van der Waals surface area contributed by atoms with E-state index in [-0.39, 0.29) is 0 Å².